The highest BCUT2D eigenvalue weighted by atomic mass is 32.2. The maximum atomic E-state index is 14.0. The highest BCUT2D eigenvalue weighted by Crippen LogP contribution is 2.28. The summed E-state index contributed by atoms with van der Waals surface area (Å²) in [4.78, 5) is 16.0. The highest BCUT2D eigenvalue weighted by molar-refractivity contribution is 7.98. The first kappa shape index (κ1) is 14.5. The summed E-state index contributed by atoms with van der Waals surface area (Å²) < 4.78 is 27.1. The Kier molecular flexibility index (Phi) is 3.45. The number of H-pyrrole nitrogens is 1. The molecule has 0 radical (unpaired) electrons. The molecule has 2 heterocycles. The zero-order valence-corrected chi connectivity index (χ0v) is 13.0. The molecule has 5 heteroatoms. The van der Waals surface area contributed by atoms with Crippen molar-refractivity contribution in [1.29, 1.82) is 0 Å². The number of rotatable bonds is 1. The summed E-state index contributed by atoms with van der Waals surface area (Å²) in [7, 11) is 0. The highest BCUT2D eigenvalue weighted by Gasteiger charge is 2.16. The molecule has 116 valence electrons. The molecule has 2 aromatic carbocycles. The fraction of sp³-hybridized carbons (Fsp3) is 0.167. The van der Waals surface area contributed by atoms with Crippen molar-refractivity contribution in [2.75, 3.05) is 5.75 Å². The van der Waals surface area contributed by atoms with Crippen molar-refractivity contribution >= 4 is 22.7 Å². The fourth-order valence-electron chi connectivity index (χ4n) is 2.98. The molecule has 0 saturated heterocycles. The molecule has 2 nitrogen and oxygen atoms in total. The molecular formula is C18H13F2NOS. The van der Waals surface area contributed by atoms with Gasteiger partial charge in [-0.05, 0) is 42.0 Å². The van der Waals surface area contributed by atoms with Crippen LogP contribution in [0.4, 0.5) is 8.78 Å². The summed E-state index contributed by atoms with van der Waals surface area (Å²) in [6, 6.07) is 8.69. The van der Waals surface area contributed by atoms with Gasteiger partial charge in [0.1, 0.15) is 11.6 Å². The molecule has 4 rings (SSSR count). The molecule has 0 atom stereocenters. The van der Waals surface area contributed by atoms with Gasteiger partial charge in [0.15, 0.2) is 5.43 Å². The molecule has 0 amide bonds. The number of hydrogen-bond acceptors (Lipinski definition) is 2. The van der Waals surface area contributed by atoms with Gasteiger partial charge in [-0.15, -0.1) is 0 Å². The lowest BCUT2D eigenvalue weighted by Crippen LogP contribution is -2.18. The van der Waals surface area contributed by atoms with E-state index in [1.54, 1.807) is 30.0 Å². The lowest BCUT2D eigenvalue weighted by atomic mass is 10.0. The average Bonchev–Trinajstić information content (AvgIpc) is 2.55. The number of fused-ring (bicyclic) bond motifs is 2. The smallest absolute Gasteiger partial charge is 0.193 e. The number of aromatic amines is 1. The maximum absolute atomic E-state index is 14.0. The minimum Gasteiger partial charge on any atom is -0.358 e. The molecule has 0 spiro atoms. The number of nitrogens with one attached hydrogen (secondary N) is 1. The van der Waals surface area contributed by atoms with Gasteiger partial charge in [0.2, 0.25) is 0 Å². The second-order valence-corrected chi connectivity index (χ2v) is 6.70. The first-order chi connectivity index (χ1) is 11.1. The van der Waals surface area contributed by atoms with E-state index in [2.05, 4.69) is 4.98 Å². The number of aromatic nitrogens is 1. The van der Waals surface area contributed by atoms with Crippen LogP contribution >= 0.6 is 11.8 Å². The summed E-state index contributed by atoms with van der Waals surface area (Å²) in [6.07, 6.45) is 0.861. The molecule has 1 aromatic heterocycles. The van der Waals surface area contributed by atoms with Crippen molar-refractivity contribution in [2.24, 2.45) is 0 Å². The van der Waals surface area contributed by atoms with E-state index >= 15 is 0 Å². The Morgan fingerprint density at radius 3 is 2.78 bits per heavy atom. The van der Waals surface area contributed by atoms with Crippen molar-refractivity contribution in [3.05, 3.63) is 69.5 Å². The van der Waals surface area contributed by atoms with Crippen LogP contribution in [0, 0.1) is 11.6 Å². The molecular weight excluding hydrogens is 316 g/mol. The van der Waals surface area contributed by atoms with Crippen LogP contribution in [-0.2, 0) is 12.2 Å². The van der Waals surface area contributed by atoms with Crippen LogP contribution in [0.25, 0.3) is 22.0 Å². The normalized spacial score (nSPS) is 14.0. The van der Waals surface area contributed by atoms with E-state index in [-0.39, 0.29) is 5.43 Å². The standard InChI is InChI=1S/C18H13F2NOS/c19-11-2-3-12(15(20)8-11)10-1-4-16-13(7-10)18(22)14-9-23-6-5-17(14)21-16/h1-4,7-8H,5-6,9H2,(H,21,22). The SMILES string of the molecule is O=c1c2c([nH]c3ccc(-c4ccc(F)cc4F)cc13)CCSC2. The molecule has 0 fully saturated rings. The molecule has 1 N–H and O–H groups in total. The molecule has 23 heavy (non-hydrogen) atoms. The van der Waals surface area contributed by atoms with E-state index in [1.165, 1.54) is 12.1 Å². The Morgan fingerprint density at radius 1 is 1.09 bits per heavy atom. The Labute approximate surface area is 135 Å². The maximum Gasteiger partial charge on any atom is 0.193 e. The van der Waals surface area contributed by atoms with Crippen molar-refractivity contribution < 1.29 is 8.78 Å². The largest absolute Gasteiger partial charge is 0.358 e. The third kappa shape index (κ3) is 2.45. The van der Waals surface area contributed by atoms with Crippen LogP contribution in [0.1, 0.15) is 11.3 Å². The average molecular weight is 329 g/mol. The van der Waals surface area contributed by atoms with Gasteiger partial charge < -0.3 is 4.98 Å². The van der Waals surface area contributed by atoms with Gasteiger partial charge in [-0.3, -0.25) is 4.79 Å². The third-order valence-corrected chi connectivity index (χ3v) is 5.16. The Morgan fingerprint density at radius 2 is 1.96 bits per heavy atom. The van der Waals surface area contributed by atoms with Crippen molar-refractivity contribution in [2.45, 2.75) is 12.2 Å². The Bertz CT molecular complexity index is 981. The van der Waals surface area contributed by atoms with Gasteiger partial charge in [0.05, 0.1) is 0 Å². The number of thioether (sulfide) groups is 1. The minimum atomic E-state index is -0.630. The number of halogens is 2. The van der Waals surface area contributed by atoms with Crippen LogP contribution in [0.2, 0.25) is 0 Å². The second kappa shape index (κ2) is 5.49. The first-order valence-electron chi connectivity index (χ1n) is 7.34. The molecule has 1 aliphatic rings. The predicted octanol–water partition coefficient (Wildman–Crippen LogP) is 4.26. The molecule has 3 aromatic rings. The fourth-order valence-corrected chi connectivity index (χ4v) is 3.99. The second-order valence-electron chi connectivity index (χ2n) is 5.60. The number of hydrogen-bond donors (Lipinski definition) is 1. The van der Waals surface area contributed by atoms with Crippen LogP contribution in [0.3, 0.4) is 0 Å². The van der Waals surface area contributed by atoms with Gasteiger partial charge in [0, 0.05) is 39.5 Å². The van der Waals surface area contributed by atoms with Crippen molar-refractivity contribution in [3.8, 4) is 11.1 Å². The molecule has 0 saturated carbocycles. The van der Waals surface area contributed by atoms with Gasteiger partial charge >= 0.3 is 0 Å². The number of benzene rings is 2. The van der Waals surface area contributed by atoms with Gasteiger partial charge in [-0.1, -0.05) is 6.07 Å². The summed E-state index contributed by atoms with van der Waals surface area (Å²) in [5.41, 5.74) is 3.44. The lowest BCUT2D eigenvalue weighted by molar-refractivity contribution is 0.585. The van der Waals surface area contributed by atoms with E-state index in [4.69, 9.17) is 0 Å². The summed E-state index contributed by atoms with van der Waals surface area (Å²) in [6.45, 7) is 0. The summed E-state index contributed by atoms with van der Waals surface area (Å²) >= 11 is 1.74. The predicted molar refractivity (Wildman–Crippen MR) is 89.8 cm³/mol. The van der Waals surface area contributed by atoms with E-state index in [1.807, 2.05) is 0 Å². The van der Waals surface area contributed by atoms with E-state index in [9.17, 15) is 13.6 Å². The Balaban J connectivity index is 1.94. The van der Waals surface area contributed by atoms with Gasteiger partial charge in [-0.25, -0.2) is 8.78 Å². The number of aryl methyl sites for hydroxylation is 1. The van der Waals surface area contributed by atoms with E-state index < -0.39 is 11.6 Å². The minimum absolute atomic E-state index is 0.00493. The quantitative estimate of drug-likeness (QED) is 0.723. The van der Waals surface area contributed by atoms with Crippen molar-refractivity contribution in [3.63, 3.8) is 0 Å². The molecule has 0 bridgehead atoms. The van der Waals surface area contributed by atoms with Crippen LogP contribution in [0.5, 0.6) is 0 Å². The summed E-state index contributed by atoms with van der Waals surface area (Å²) in [5.74, 6) is 0.466. The third-order valence-electron chi connectivity index (χ3n) is 4.17. The van der Waals surface area contributed by atoms with Crippen LogP contribution in [0.15, 0.2) is 41.2 Å². The Hall–Kier alpha value is -2.14. The monoisotopic (exact) mass is 329 g/mol. The first-order valence-corrected chi connectivity index (χ1v) is 8.50. The molecule has 0 unspecified atom stereocenters. The van der Waals surface area contributed by atoms with E-state index in [0.29, 0.717) is 22.3 Å². The summed E-state index contributed by atoms with van der Waals surface area (Å²) in [5, 5.41) is 0.549. The van der Waals surface area contributed by atoms with Crippen LogP contribution < -0.4 is 5.43 Å². The zero-order valence-electron chi connectivity index (χ0n) is 12.2. The number of pyridine rings is 1. The zero-order chi connectivity index (χ0) is 16.0. The molecule has 0 aliphatic carbocycles. The van der Waals surface area contributed by atoms with Crippen LogP contribution in [-0.4, -0.2) is 10.7 Å². The lowest BCUT2D eigenvalue weighted by Gasteiger charge is -2.16. The topological polar surface area (TPSA) is 32.9 Å². The van der Waals surface area contributed by atoms with E-state index in [0.717, 1.165) is 35.0 Å². The van der Waals surface area contributed by atoms with Gasteiger partial charge in [0.25, 0.3) is 0 Å². The van der Waals surface area contributed by atoms with Crippen molar-refractivity contribution in [1.82, 2.24) is 4.98 Å². The van der Waals surface area contributed by atoms with Gasteiger partial charge in [-0.2, -0.15) is 11.8 Å². The molecule has 1 aliphatic heterocycles.